The van der Waals surface area contributed by atoms with Gasteiger partial charge < -0.3 is 10.0 Å². The quantitative estimate of drug-likeness (QED) is 0.736. The van der Waals surface area contributed by atoms with Gasteiger partial charge in [0, 0.05) is 12.5 Å². The van der Waals surface area contributed by atoms with E-state index in [0.29, 0.717) is 12.5 Å². The Labute approximate surface area is 92.5 Å². The lowest BCUT2D eigenvalue weighted by atomic mass is 10.1. The van der Waals surface area contributed by atoms with Gasteiger partial charge in [-0.15, -0.1) is 0 Å². The van der Waals surface area contributed by atoms with Gasteiger partial charge in [0.1, 0.15) is 0 Å². The van der Waals surface area contributed by atoms with Crippen molar-refractivity contribution in [1.29, 1.82) is 0 Å². The molecule has 1 unspecified atom stereocenters. The number of hydrogen-bond acceptors (Lipinski definition) is 2. The van der Waals surface area contributed by atoms with Crippen LogP contribution in [0.2, 0.25) is 0 Å². The van der Waals surface area contributed by atoms with Crippen LogP contribution in [0.25, 0.3) is 0 Å². The minimum absolute atomic E-state index is 0.322. The number of carboxylic acid groups (broad SMARTS) is 1. The third kappa shape index (κ3) is 4.65. The van der Waals surface area contributed by atoms with Crippen molar-refractivity contribution in [2.75, 3.05) is 13.1 Å². The molecule has 0 aliphatic carbocycles. The second-order valence-electron chi connectivity index (χ2n) is 4.95. The maximum Gasteiger partial charge on any atom is 0.303 e. The van der Waals surface area contributed by atoms with E-state index in [1.54, 1.807) is 0 Å². The Balaban J connectivity index is 2.26. The summed E-state index contributed by atoms with van der Waals surface area (Å²) >= 11 is 0. The van der Waals surface area contributed by atoms with E-state index in [2.05, 4.69) is 18.7 Å². The molecule has 0 aromatic rings. The first-order valence-electron chi connectivity index (χ1n) is 6.05. The highest BCUT2D eigenvalue weighted by molar-refractivity contribution is 5.66. The number of hydrogen-bond donors (Lipinski definition) is 1. The minimum atomic E-state index is -0.661. The third-order valence-electron chi connectivity index (χ3n) is 3.18. The molecule has 3 heteroatoms. The number of rotatable bonds is 6. The molecule has 0 spiro atoms. The fourth-order valence-electron chi connectivity index (χ4n) is 2.23. The second-order valence-corrected chi connectivity index (χ2v) is 4.95. The lowest BCUT2D eigenvalue weighted by Crippen LogP contribution is -2.31. The average molecular weight is 213 g/mol. The topological polar surface area (TPSA) is 40.5 Å². The van der Waals surface area contributed by atoms with Gasteiger partial charge in [0.2, 0.25) is 0 Å². The molecule has 15 heavy (non-hydrogen) atoms. The number of nitrogens with zero attached hydrogens (tertiary/aromatic N) is 1. The molecule has 1 aliphatic rings. The van der Waals surface area contributed by atoms with Crippen LogP contribution in [0.15, 0.2) is 0 Å². The summed E-state index contributed by atoms with van der Waals surface area (Å²) < 4.78 is 0. The first kappa shape index (κ1) is 12.5. The van der Waals surface area contributed by atoms with Crippen LogP contribution in [0.4, 0.5) is 0 Å². The summed E-state index contributed by atoms with van der Waals surface area (Å²) in [6.07, 6.45) is 4.80. The summed E-state index contributed by atoms with van der Waals surface area (Å²) in [5.74, 6) is 0.0800. The first-order valence-corrected chi connectivity index (χ1v) is 6.05. The maximum absolute atomic E-state index is 10.5. The predicted octanol–water partition coefficient (Wildman–Crippen LogP) is 2.36. The summed E-state index contributed by atoms with van der Waals surface area (Å²) in [6, 6.07) is 0.528. The van der Waals surface area contributed by atoms with Gasteiger partial charge in [-0.3, -0.25) is 4.79 Å². The zero-order valence-electron chi connectivity index (χ0n) is 9.91. The number of aliphatic carboxylic acids is 1. The number of likely N-dealkylation sites (tertiary alicyclic amines) is 1. The molecule has 0 aromatic carbocycles. The Morgan fingerprint density at radius 1 is 1.53 bits per heavy atom. The second kappa shape index (κ2) is 6.11. The molecule has 1 N–H and O–H groups in total. The maximum atomic E-state index is 10.5. The Kier molecular flexibility index (Phi) is 5.09. The average Bonchev–Trinajstić information content (AvgIpc) is 2.58. The molecule has 0 radical (unpaired) electrons. The highest BCUT2D eigenvalue weighted by atomic mass is 16.4. The van der Waals surface area contributed by atoms with Gasteiger partial charge in [-0.05, 0) is 44.7 Å². The molecule has 88 valence electrons. The summed E-state index contributed by atoms with van der Waals surface area (Å²) in [5.41, 5.74) is 0. The summed E-state index contributed by atoms with van der Waals surface area (Å²) in [4.78, 5) is 13.0. The highest BCUT2D eigenvalue weighted by Crippen LogP contribution is 2.22. The molecule has 0 bridgehead atoms. The van der Waals surface area contributed by atoms with Crippen molar-refractivity contribution < 1.29 is 9.90 Å². The molecule has 1 rings (SSSR count). The van der Waals surface area contributed by atoms with Crippen LogP contribution < -0.4 is 0 Å². The third-order valence-corrected chi connectivity index (χ3v) is 3.18. The van der Waals surface area contributed by atoms with Gasteiger partial charge in [-0.2, -0.15) is 0 Å². The minimum Gasteiger partial charge on any atom is -0.481 e. The molecule has 1 fully saturated rings. The van der Waals surface area contributed by atoms with Crippen LogP contribution in [0.1, 0.15) is 46.0 Å². The molecule has 3 nitrogen and oxygen atoms in total. The zero-order chi connectivity index (χ0) is 11.3. The number of carbonyl (C=O) groups is 1. The fourth-order valence-corrected chi connectivity index (χ4v) is 2.23. The lowest BCUT2D eigenvalue weighted by molar-refractivity contribution is -0.137. The molecular formula is C12H23NO2. The standard InChI is InChI=1S/C12H23NO2/c1-10(2)7-9-13-8-3-4-11(13)5-6-12(14)15/h10-11H,3-9H2,1-2H3,(H,14,15). The van der Waals surface area contributed by atoms with E-state index in [0.717, 1.165) is 25.4 Å². The van der Waals surface area contributed by atoms with E-state index >= 15 is 0 Å². The Hall–Kier alpha value is -0.570. The van der Waals surface area contributed by atoms with Crippen LogP contribution in [-0.4, -0.2) is 35.1 Å². The van der Waals surface area contributed by atoms with Gasteiger partial charge >= 0.3 is 5.97 Å². The van der Waals surface area contributed by atoms with E-state index in [1.807, 2.05) is 0 Å². The van der Waals surface area contributed by atoms with Crippen LogP contribution in [-0.2, 0) is 4.79 Å². The molecule has 0 amide bonds. The van der Waals surface area contributed by atoms with Crippen molar-refractivity contribution in [3.8, 4) is 0 Å². The summed E-state index contributed by atoms with van der Waals surface area (Å²) in [7, 11) is 0. The van der Waals surface area contributed by atoms with E-state index in [-0.39, 0.29) is 0 Å². The summed E-state index contributed by atoms with van der Waals surface area (Å²) in [5, 5.41) is 8.66. The van der Waals surface area contributed by atoms with Crippen LogP contribution in [0.3, 0.4) is 0 Å². The Morgan fingerprint density at radius 3 is 2.87 bits per heavy atom. The van der Waals surface area contributed by atoms with Crippen molar-refractivity contribution in [1.82, 2.24) is 4.90 Å². The van der Waals surface area contributed by atoms with E-state index in [1.165, 1.54) is 19.3 Å². The normalized spacial score (nSPS) is 22.5. The first-order chi connectivity index (χ1) is 7.09. The monoisotopic (exact) mass is 213 g/mol. The van der Waals surface area contributed by atoms with Crippen LogP contribution >= 0.6 is 0 Å². The van der Waals surface area contributed by atoms with Gasteiger partial charge in [-0.1, -0.05) is 13.8 Å². The van der Waals surface area contributed by atoms with Gasteiger partial charge in [0.05, 0.1) is 0 Å². The molecule has 1 saturated heterocycles. The van der Waals surface area contributed by atoms with Gasteiger partial charge in [0.25, 0.3) is 0 Å². The zero-order valence-corrected chi connectivity index (χ0v) is 9.91. The van der Waals surface area contributed by atoms with Crippen molar-refractivity contribution in [2.45, 2.75) is 52.0 Å². The molecule has 0 aromatic heterocycles. The van der Waals surface area contributed by atoms with Crippen molar-refractivity contribution in [3.63, 3.8) is 0 Å². The Morgan fingerprint density at radius 2 is 2.27 bits per heavy atom. The molecule has 0 saturated carbocycles. The fraction of sp³-hybridized carbons (Fsp3) is 0.917. The van der Waals surface area contributed by atoms with Crippen molar-refractivity contribution in [2.24, 2.45) is 5.92 Å². The number of carboxylic acids is 1. The molecule has 1 heterocycles. The summed E-state index contributed by atoms with van der Waals surface area (Å²) in [6.45, 7) is 6.78. The highest BCUT2D eigenvalue weighted by Gasteiger charge is 2.24. The Bertz CT molecular complexity index is 204. The molecular weight excluding hydrogens is 190 g/mol. The van der Waals surface area contributed by atoms with Crippen LogP contribution in [0.5, 0.6) is 0 Å². The van der Waals surface area contributed by atoms with Crippen molar-refractivity contribution in [3.05, 3.63) is 0 Å². The van der Waals surface area contributed by atoms with Gasteiger partial charge in [-0.25, -0.2) is 0 Å². The predicted molar refractivity (Wildman–Crippen MR) is 60.9 cm³/mol. The van der Waals surface area contributed by atoms with Crippen LogP contribution in [0, 0.1) is 5.92 Å². The van der Waals surface area contributed by atoms with E-state index in [4.69, 9.17) is 5.11 Å². The molecule has 1 aliphatic heterocycles. The molecule has 1 atom stereocenters. The lowest BCUT2D eigenvalue weighted by Gasteiger charge is -2.24. The largest absolute Gasteiger partial charge is 0.481 e. The SMILES string of the molecule is CC(C)CCN1CCCC1CCC(=O)O. The van der Waals surface area contributed by atoms with Gasteiger partial charge in [0.15, 0.2) is 0 Å². The van der Waals surface area contributed by atoms with Crippen molar-refractivity contribution >= 4 is 5.97 Å². The van der Waals surface area contributed by atoms with E-state index < -0.39 is 5.97 Å². The van der Waals surface area contributed by atoms with E-state index in [9.17, 15) is 4.79 Å². The smallest absolute Gasteiger partial charge is 0.303 e.